The maximum Gasteiger partial charge on any atom is 0.230 e. The lowest BCUT2D eigenvalue weighted by Gasteiger charge is -2.39. The summed E-state index contributed by atoms with van der Waals surface area (Å²) in [5, 5.41) is 0. The molecule has 4 rings (SSSR count). The number of aliphatic imine (C=N–C) groups is 1. The Balaban J connectivity index is 1.80. The van der Waals surface area contributed by atoms with Crippen molar-refractivity contribution in [1.29, 1.82) is 0 Å². The van der Waals surface area contributed by atoms with Gasteiger partial charge in [0.05, 0.1) is 17.6 Å². The lowest BCUT2D eigenvalue weighted by atomic mass is 9.80. The minimum Gasteiger partial charge on any atom is -0.343 e. The topological polar surface area (TPSA) is 35.9 Å². The predicted octanol–water partition coefficient (Wildman–Crippen LogP) is 3.70. The van der Waals surface area contributed by atoms with Crippen LogP contribution in [0.3, 0.4) is 0 Å². The van der Waals surface area contributed by atoms with E-state index in [1.807, 2.05) is 24.8 Å². The highest BCUT2D eigenvalue weighted by atomic mass is 79.9. The third kappa shape index (κ3) is 2.52. The lowest BCUT2D eigenvalue weighted by molar-refractivity contribution is -0.134. The smallest absolute Gasteiger partial charge is 0.230 e. The first-order valence-corrected chi connectivity index (χ1v) is 9.65. The molecule has 0 saturated heterocycles. The molecular weight excluding hydrogens is 378 g/mol. The van der Waals surface area contributed by atoms with E-state index >= 15 is 0 Å². The van der Waals surface area contributed by atoms with Crippen molar-refractivity contribution in [3.63, 3.8) is 0 Å². The summed E-state index contributed by atoms with van der Waals surface area (Å²) in [5.74, 6) is 0.135. The first-order valence-electron chi connectivity index (χ1n) is 8.86. The Hall–Kier alpha value is -1.72. The molecule has 2 heterocycles. The Kier molecular flexibility index (Phi) is 4.16. The van der Waals surface area contributed by atoms with E-state index in [4.69, 9.17) is 0 Å². The Morgan fingerprint density at radius 1 is 1.32 bits per heavy atom. The minimum absolute atomic E-state index is 0.0901. The van der Waals surface area contributed by atoms with E-state index in [1.165, 1.54) is 22.3 Å². The second-order valence-corrected chi connectivity index (χ2v) is 7.56. The van der Waals surface area contributed by atoms with Gasteiger partial charge in [-0.1, -0.05) is 24.3 Å². The number of benzene rings is 1. The number of carbonyl (C=O) groups excluding carboxylic acids is 1. The fourth-order valence-electron chi connectivity index (χ4n) is 4.15. The highest BCUT2D eigenvalue weighted by Crippen LogP contribution is 2.47. The monoisotopic (exact) mass is 399 g/mol. The molecule has 0 saturated carbocycles. The van der Waals surface area contributed by atoms with Gasteiger partial charge in [-0.25, -0.2) is 4.99 Å². The van der Waals surface area contributed by atoms with Crippen LogP contribution in [0.4, 0.5) is 5.69 Å². The van der Waals surface area contributed by atoms with Crippen LogP contribution in [0.5, 0.6) is 0 Å². The fourth-order valence-corrected chi connectivity index (χ4v) is 4.67. The predicted molar refractivity (Wildman–Crippen MR) is 106 cm³/mol. The first-order chi connectivity index (χ1) is 12.0. The summed E-state index contributed by atoms with van der Waals surface area (Å²) in [4.78, 5) is 21.7. The van der Waals surface area contributed by atoms with Crippen LogP contribution in [0.1, 0.15) is 25.0 Å². The van der Waals surface area contributed by atoms with E-state index in [0.717, 1.165) is 29.9 Å². The molecule has 0 radical (unpaired) electrons. The number of hydrogen-bond donors (Lipinski definition) is 0. The summed E-state index contributed by atoms with van der Waals surface area (Å²) >= 11 is 3.61. The minimum atomic E-state index is -0.0901. The van der Waals surface area contributed by atoms with Crippen molar-refractivity contribution in [2.24, 2.45) is 10.9 Å². The SMILES string of the molecule is CCN(CC)C(=O)[C@@H]1C=C2c3cccc4c3C(=C[C@H]2N(C)C1)C(Br)=N4. The molecule has 1 amide bonds. The van der Waals surface area contributed by atoms with Gasteiger partial charge in [0, 0.05) is 30.8 Å². The number of rotatable bonds is 3. The normalized spacial score (nSPS) is 24.1. The van der Waals surface area contributed by atoms with Gasteiger partial charge in [0.15, 0.2) is 0 Å². The molecule has 0 fully saturated rings. The molecule has 1 aromatic carbocycles. The Bertz CT molecular complexity index is 835. The fraction of sp³-hybridized carbons (Fsp3) is 0.400. The zero-order valence-electron chi connectivity index (χ0n) is 14.8. The standard InChI is InChI=1S/C20H22BrN3O/c1-4-24(5-2)20(25)12-9-14-13-7-6-8-16-18(13)15(19(21)22-16)10-17(14)23(3)11-12/h6-10,12,17H,4-5,11H2,1-3H3/t12-,17-/m1/s1. The molecule has 25 heavy (non-hydrogen) atoms. The van der Waals surface area contributed by atoms with Crippen LogP contribution >= 0.6 is 15.9 Å². The number of hydrogen-bond acceptors (Lipinski definition) is 3. The van der Waals surface area contributed by atoms with Gasteiger partial charge >= 0.3 is 0 Å². The van der Waals surface area contributed by atoms with Crippen LogP contribution in [-0.4, -0.2) is 53.1 Å². The van der Waals surface area contributed by atoms with Crippen molar-refractivity contribution in [3.8, 4) is 0 Å². The number of carbonyl (C=O) groups is 1. The third-order valence-electron chi connectivity index (χ3n) is 5.44. The number of allylic oxidation sites excluding steroid dienone is 1. The van der Waals surface area contributed by atoms with Crippen molar-refractivity contribution >= 4 is 43.3 Å². The van der Waals surface area contributed by atoms with Crippen molar-refractivity contribution in [1.82, 2.24) is 9.80 Å². The Labute approximate surface area is 157 Å². The molecule has 2 aliphatic heterocycles. The van der Waals surface area contributed by atoms with Crippen LogP contribution < -0.4 is 0 Å². The van der Waals surface area contributed by atoms with Gasteiger partial charge in [-0.15, -0.1) is 0 Å². The van der Waals surface area contributed by atoms with E-state index in [0.29, 0.717) is 0 Å². The molecule has 0 unspecified atom stereocenters. The van der Waals surface area contributed by atoms with Gasteiger partial charge in [-0.2, -0.15) is 0 Å². The van der Waals surface area contributed by atoms with Crippen molar-refractivity contribution in [2.45, 2.75) is 19.9 Å². The summed E-state index contributed by atoms with van der Waals surface area (Å²) in [7, 11) is 2.10. The molecule has 3 aliphatic rings. The van der Waals surface area contributed by atoms with Gasteiger partial charge in [0.2, 0.25) is 5.91 Å². The molecule has 0 N–H and O–H groups in total. The molecule has 5 heteroatoms. The van der Waals surface area contributed by atoms with Crippen molar-refractivity contribution in [3.05, 3.63) is 41.5 Å². The maximum atomic E-state index is 12.9. The van der Waals surface area contributed by atoms with E-state index < -0.39 is 0 Å². The zero-order valence-corrected chi connectivity index (χ0v) is 16.4. The number of nitrogens with zero attached hydrogens (tertiary/aromatic N) is 3. The number of halogens is 1. The van der Waals surface area contributed by atoms with Gasteiger partial charge in [-0.3, -0.25) is 9.69 Å². The first kappa shape index (κ1) is 16.7. The third-order valence-corrected chi connectivity index (χ3v) is 6.04. The molecule has 0 spiro atoms. The molecule has 4 nitrogen and oxygen atoms in total. The summed E-state index contributed by atoms with van der Waals surface area (Å²) in [6.45, 7) is 6.34. The molecule has 0 aromatic heterocycles. The number of likely N-dealkylation sites (N-methyl/N-ethyl adjacent to an activating group) is 1. The lowest BCUT2D eigenvalue weighted by Crippen LogP contribution is -2.46. The van der Waals surface area contributed by atoms with Crippen LogP contribution in [0.2, 0.25) is 0 Å². The van der Waals surface area contributed by atoms with E-state index in [-0.39, 0.29) is 17.9 Å². The van der Waals surface area contributed by atoms with E-state index in [2.05, 4.69) is 57.2 Å². The summed E-state index contributed by atoms with van der Waals surface area (Å²) in [6, 6.07) is 6.45. The average Bonchev–Trinajstić information content (AvgIpc) is 2.93. The second kappa shape index (κ2) is 6.22. The molecule has 1 aromatic rings. The van der Waals surface area contributed by atoms with Crippen LogP contribution in [0.25, 0.3) is 11.1 Å². The second-order valence-electron chi connectivity index (χ2n) is 6.81. The maximum absolute atomic E-state index is 12.9. The van der Waals surface area contributed by atoms with Crippen LogP contribution in [0, 0.1) is 5.92 Å². The van der Waals surface area contributed by atoms with Gasteiger partial charge in [0.25, 0.3) is 0 Å². The Morgan fingerprint density at radius 2 is 2.08 bits per heavy atom. The molecule has 1 aliphatic carbocycles. The zero-order chi connectivity index (χ0) is 17.7. The molecule has 130 valence electrons. The van der Waals surface area contributed by atoms with Crippen molar-refractivity contribution in [2.75, 3.05) is 26.7 Å². The number of fused-ring (bicyclic) bond motifs is 2. The highest BCUT2D eigenvalue weighted by Gasteiger charge is 2.38. The molecule has 0 bridgehead atoms. The highest BCUT2D eigenvalue weighted by molar-refractivity contribution is 9.18. The van der Waals surface area contributed by atoms with E-state index in [1.54, 1.807) is 0 Å². The largest absolute Gasteiger partial charge is 0.343 e. The average molecular weight is 400 g/mol. The van der Waals surface area contributed by atoms with Crippen LogP contribution in [0.15, 0.2) is 35.3 Å². The van der Waals surface area contributed by atoms with Gasteiger partial charge < -0.3 is 4.90 Å². The molecule has 2 atom stereocenters. The Morgan fingerprint density at radius 3 is 2.80 bits per heavy atom. The number of amides is 1. The molecular formula is C20H22BrN3O. The quantitative estimate of drug-likeness (QED) is 0.776. The summed E-state index contributed by atoms with van der Waals surface area (Å²) in [5.41, 5.74) is 5.82. The summed E-state index contributed by atoms with van der Waals surface area (Å²) < 4.78 is 0.906. The van der Waals surface area contributed by atoms with Crippen molar-refractivity contribution < 1.29 is 4.79 Å². The van der Waals surface area contributed by atoms with Gasteiger partial charge in [0.1, 0.15) is 4.62 Å². The summed E-state index contributed by atoms with van der Waals surface area (Å²) in [6.07, 6.45) is 4.47. The van der Waals surface area contributed by atoms with Crippen LogP contribution in [-0.2, 0) is 4.79 Å². The van der Waals surface area contributed by atoms with E-state index in [9.17, 15) is 4.79 Å². The van der Waals surface area contributed by atoms with Gasteiger partial charge in [-0.05, 0) is 54.0 Å².